The largest absolute Gasteiger partial charge is 0.483 e. The molecule has 3 aliphatic heterocycles. The van der Waals surface area contributed by atoms with Crippen molar-refractivity contribution < 1.29 is 24.2 Å². The summed E-state index contributed by atoms with van der Waals surface area (Å²) < 4.78 is 7.58. The standard InChI is InChI=1S/C14H18N4O3.CH2O2/c1-9-7-10(15-16(9)2)13(20)17-4-3-14-11(17)8-12(19)18(14)5-6-21-14;2-1-3/h7,11H,3-6,8H2,1-2H3;1H,(H,2,3)/t11-,14+;/m1./s1. The Kier molecular flexibility index (Phi) is 4.04. The lowest BCUT2D eigenvalue weighted by molar-refractivity contribution is -0.136. The van der Waals surface area contributed by atoms with Gasteiger partial charge in [0.25, 0.3) is 12.4 Å². The number of hydrogen-bond acceptors (Lipinski definition) is 5. The first kappa shape index (κ1) is 16.4. The zero-order chi connectivity index (χ0) is 17.5. The highest BCUT2D eigenvalue weighted by atomic mass is 16.5. The van der Waals surface area contributed by atoms with Crippen molar-refractivity contribution >= 4 is 18.3 Å². The number of ether oxygens (including phenoxy) is 1. The fourth-order valence-corrected chi connectivity index (χ4v) is 3.85. The number of aromatic nitrogens is 2. The Morgan fingerprint density at radius 2 is 2.21 bits per heavy atom. The highest BCUT2D eigenvalue weighted by molar-refractivity contribution is 5.94. The quantitative estimate of drug-likeness (QED) is 0.700. The first-order valence-electron chi connectivity index (χ1n) is 7.78. The Morgan fingerprint density at radius 3 is 2.83 bits per heavy atom. The average molecular weight is 336 g/mol. The van der Waals surface area contributed by atoms with E-state index in [2.05, 4.69) is 5.10 Å². The number of amides is 2. The van der Waals surface area contributed by atoms with E-state index in [4.69, 9.17) is 14.6 Å². The summed E-state index contributed by atoms with van der Waals surface area (Å²) in [6, 6.07) is 1.61. The van der Waals surface area contributed by atoms with Crippen molar-refractivity contribution in [2.24, 2.45) is 7.05 Å². The molecule has 1 aromatic rings. The highest BCUT2D eigenvalue weighted by Gasteiger charge is 2.63. The molecule has 0 aliphatic carbocycles. The molecule has 0 aromatic carbocycles. The number of rotatable bonds is 1. The molecule has 0 bridgehead atoms. The molecule has 2 amide bonds. The van der Waals surface area contributed by atoms with Gasteiger partial charge in [-0.05, 0) is 13.0 Å². The number of nitrogens with zero attached hydrogens (tertiary/aromatic N) is 4. The fourth-order valence-electron chi connectivity index (χ4n) is 3.85. The molecule has 3 aliphatic rings. The van der Waals surface area contributed by atoms with Crippen LogP contribution in [-0.2, 0) is 21.4 Å². The van der Waals surface area contributed by atoms with Gasteiger partial charge in [-0.3, -0.25) is 19.1 Å². The van der Waals surface area contributed by atoms with E-state index in [1.54, 1.807) is 15.6 Å². The number of likely N-dealkylation sites (tertiary alicyclic amines) is 1. The van der Waals surface area contributed by atoms with Gasteiger partial charge in [-0.2, -0.15) is 5.10 Å². The lowest BCUT2D eigenvalue weighted by Gasteiger charge is -2.31. The van der Waals surface area contributed by atoms with Crippen LogP contribution in [0.4, 0.5) is 0 Å². The van der Waals surface area contributed by atoms with Crippen LogP contribution in [0.2, 0.25) is 0 Å². The Morgan fingerprint density at radius 1 is 1.50 bits per heavy atom. The third kappa shape index (κ3) is 2.27. The normalized spacial score (nSPS) is 27.6. The predicted molar refractivity (Wildman–Crippen MR) is 81.1 cm³/mol. The van der Waals surface area contributed by atoms with Crippen molar-refractivity contribution in [2.75, 3.05) is 19.7 Å². The number of carbonyl (C=O) groups excluding carboxylic acids is 2. The predicted octanol–water partition coefficient (Wildman–Crippen LogP) is -0.397. The maximum Gasteiger partial charge on any atom is 0.290 e. The van der Waals surface area contributed by atoms with Gasteiger partial charge >= 0.3 is 0 Å². The second-order valence-corrected chi connectivity index (χ2v) is 6.11. The second-order valence-electron chi connectivity index (χ2n) is 6.11. The summed E-state index contributed by atoms with van der Waals surface area (Å²) >= 11 is 0. The molecule has 9 nitrogen and oxygen atoms in total. The van der Waals surface area contributed by atoms with Gasteiger partial charge in [0.15, 0.2) is 11.4 Å². The van der Waals surface area contributed by atoms with Crippen molar-refractivity contribution in [3.8, 4) is 0 Å². The minimum absolute atomic E-state index is 0.0900. The van der Waals surface area contributed by atoms with Crippen LogP contribution in [0.5, 0.6) is 0 Å². The summed E-state index contributed by atoms with van der Waals surface area (Å²) in [7, 11) is 1.82. The van der Waals surface area contributed by atoms with Crippen LogP contribution in [0.15, 0.2) is 6.07 Å². The minimum Gasteiger partial charge on any atom is -0.483 e. The lowest BCUT2D eigenvalue weighted by Crippen LogP contribution is -2.48. The van der Waals surface area contributed by atoms with Gasteiger partial charge in [0, 0.05) is 32.3 Å². The molecule has 0 radical (unpaired) electrons. The van der Waals surface area contributed by atoms with Gasteiger partial charge in [-0.25, -0.2) is 0 Å². The topological polar surface area (TPSA) is 105 Å². The first-order chi connectivity index (χ1) is 11.4. The molecule has 130 valence electrons. The SMILES string of the molecule is Cc1cc(C(=O)N2CC[C@@]34OCCN3C(=O)C[C@@H]24)nn1C.O=CO. The van der Waals surface area contributed by atoms with E-state index in [1.165, 1.54) is 0 Å². The molecular formula is C15H20N4O5. The second kappa shape index (κ2) is 5.90. The number of carboxylic acid groups (broad SMARTS) is 1. The molecule has 2 atom stereocenters. The molecule has 1 spiro atoms. The molecule has 0 saturated carbocycles. The van der Waals surface area contributed by atoms with Crippen molar-refractivity contribution in [3.05, 3.63) is 17.5 Å². The highest BCUT2D eigenvalue weighted by Crippen LogP contribution is 2.45. The number of carbonyl (C=O) groups is 3. The van der Waals surface area contributed by atoms with Gasteiger partial charge in [0.2, 0.25) is 5.91 Å². The Hall–Kier alpha value is -2.42. The van der Waals surface area contributed by atoms with Gasteiger partial charge in [-0.1, -0.05) is 0 Å². The number of aryl methyl sites for hydroxylation is 2. The molecule has 1 aromatic heterocycles. The van der Waals surface area contributed by atoms with Crippen LogP contribution in [0.25, 0.3) is 0 Å². The lowest BCUT2D eigenvalue weighted by atomic mass is 10.1. The van der Waals surface area contributed by atoms with Crippen molar-refractivity contribution in [1.29, 1.82) is 0 Å². The average Bonchev–Trinajstić information content (AvgIpc) is 3.24. The molecule has 1 N–H and O–H groups in total. The van der Waals surface area contributed by atoms with Crippen LogP contribution in [0.3, 0.4) is 0 Å². The molecule has 4 rings (SSSR count). The van der Waals surface area contributed by atoms with E-state index in [1.807, 2.05) is 18.9 Å². The van der Waals surface area contributed by atoms with E-state index < -0.39 is 5.72 Å². The summed E-state index contributed by atoms with van der Waals surface area (Å²) in [4.78, 5) is 36.8. The maximum absolute atomic E-state index is 12.7. The molecule has 4 heterocycles. The van der Waals surface area contributed by atoms with Crippen LogP contribution >= 0.6 is 0 Å². The van der Waals surface area contributed by atoms with E-state index in [-0.39, 0.29) is 24.3 Å². The molecule has 0 unspecified atom stereocenters. The van der Waals surface area contributed by atoms with Gasteiger partial charge in [0.1, 0.15) is 0 Å². The van der Waals surface area contributed by atoms with E-state index in [0.717, 1.165) is 5.69 Å². The number of hydrogen-bond donors (Lipinski definition) is 1. The molecule has 24 heavy (non-hydrogen) atoms. The summed E-state index contributed by atoms with van der Waals surface area (Å²) in [5.41, 5.74) is 0.806. The minimum atomic E-state index is -0.573. The van der Waals surface area contributed by atoms with Crippen LogP contribution < -0.4 is 0 Å². The van der Waals surface area contributed by atoms with Crippen molar-refractivity contribution in [3.63, 3.8) is 0 Å². The molecule has 3 fully saturated rings. The molecule has 3 saturated heterocycles. The smallest absolute Gasteiger partial charge is 0.290 e. The molecular weight excluding hydrogens is 316 g/mol. The van der Waals surface area contributed by atoms with Gasteiger partial charge in [-0.15, -0.1) is 0 Å². The van der Waals surface area contributed by atoms with Crippen LogP contribution in [-0.4, -0.2) is 74.4 Å². The monoisotopic (exact) mass is 336 g/mol. The Bertz CT molecular complexity index is 668. The van der Waals surface area contributed by atoms with Crippen molar-refractivity contribution in [1.82, 2.24) is 19.6 Å². The summed E-state index contributed by atoms with van der Waals surface area (Å²) in [5, 5.41) is 11.1. The third-order valence-corrected chi connectivity index (χ3v) is 4.99. The third-order valence-electron chi connectivity index (χ3n) is 4.99. The van der Waals surface area contributed by atoms with Gasteiger partial charge in [0.05, 0.1) is 19.1 Å². The van der Waals surface area contributed by atoms with Gasteiger partial charge < -0.3 is 19.6 Å². The summed E-state index contributed by atoms with van der Waals surface area (Å²) in [6.45, 7) is 3.48. The van der Waals surface area contributed by atoms with Crippen LogP contribution in [0.1, 0.15) is 29.0 Å². The molecule has 9 heteroatoms. The maximum atomic E-state index is 12.7. The zero-order valence-corrected chi connectivity index (χ0v) is 13.6. The van der Waals surface area contributed by atoms with Crippen LogP contribution in [0, 0.1) is 6.92 Å². The summed E-state index contributed by atoms with van der Waals surface area (Å²) in [5.74, 6) is -0.0158. The van der Waals surface area contributed by atoms with E-state index in [9.17, 15) is 9.59 Å². The first-order valence-corrected chi connectivity index (χ1v) is 7.78. The fraction of sp³-hybridized carbons (Fsp3) is 0.600. The van der Waals surface area contributed by atoms with E-state index >= 15 is 0 Å². The summed E-state index contributed by atoms with van der Waals surface area (Å²) in [6.07, 6.45) is 1.05. The van der Waals surface area contributed by atoms with Crippen molar-refractivity contribution in [2.45, 2.75) is 31.5 Å². The Balaban J connectivity index is 0.000000526. The Labute approximate surface area is 138 Å². The van der Waals surface area contributed by atoms with E-state index in [0.29, 0.717) is 38.2 Å². The zero-order valence-electron chi connectivity index (χ0n) is 13.6.